The zero-order valence-electron chi connectivity index (χ0n) is 10.3. The highest BCUT2D eigenvalue weighted by molar-refractivity contribution is 9.11. The summed E-state index contributed by atoms with van der Waals surface area (Å²) >= 11 is 4.39. The van der Waals surface area contributed by atoms with Gasteiger partial charge in [-0.05, 0) is 47.8 Å². The third-order valence-electron chi connectivity index (χ3n) is 2.66. The van der Waals surface area contributed by atoms with Crippen LogP contribution in [0, 0.1) is 0 Å². The maximum absolute atomic E-state index is 12.5. The number of rotatable bonds is 6. The van der Waals surface area contributed by atoms with Crippen LogP contribution in [0.15, 0.2) is 20.1 Å². The fraction of sp³-hybridized carbons (Fsp3) is 0.545. The van der Waals surface area contributed by atoms with Crippen molar-refractivity contribution in [2.75, 3.05) is 13.2 Å². The van der Waals surface area contributed by atoms with E-state index in [2.05, 4.69) is 15.9 Å². The first-order valence-electron chi connectivity index (χ1n) is 5.88. The standard InChI is InChI=1S/C11H14BrNO4S2/c1-2-17-10(14)7-13(8-3-4-8)19(15,16)11-6-5-9(12)18-11/h5-6,8H,2-4,7H2,1H3. The molecule has 1 aromatic rings. The van der Waals surface area contributed by atoms with E-state index >= 15 is 0 Å². The molecule has 5 nitrogen and oxygen atoms in total. The molecule has 106 valence electrons. The number of esters is 1. The van der Waals surface area contributed by atoms with Gasteiger partial charge in [-0.25, -0.2) is 8.42 Å². The van der Waals surface area contributed by atoms with Crippen LogP contribution in [0.25, 0.3) is 0 Å². The average molecular weight is 368 g/mol. The molecule has 0 N–H and O–H groups in total. The predicted molar refractivity (Wildman–Crippen MR) is 75.6 cm³/mol. The number of carbonyl (C=O) groups excluding carboxylic acids is 1. The van der Waals surface area contributed by atoms with Gasteiger partial charge in [-0.3, -0.25) is 4.79 Å². The number of hydrogen-bond donors (Lipinski definition) is 0. The zero-order valence-corrected chi connectivity index (χ0v) is 13.6. The summed E-state index contributed by atoms with van der Waals surface area (Å²) in [6.07, 6.45) is 1.59. The van der Waals surface area contributed by atoms with Crippen molar-refractivity contribution in [1.82, 2.24) is 4.31 Å². The first kappa shape index (κ1) is 15.0. The lowest BCUT2D eigenvalue weighted by Gasteiger charge is -2.19. The minimum atomic E-state index is -3.61. The molecule has 19 heavy (non-hydrogen) atoms. The Kier molecular flexibility index (Phi) is 4.65. The van der Waals surface area contributed by atoms with Gasteiger partial charge in [0.05, 0.1) is 10.4 Å². The minimum absolute atomic E-state index is 0.0738. The summed E-state index contributed by atoms with van der Waals surface area (Å²) in [5.74, 6) is -0.506. The first-order valence-corrected chi connectivity index (χ1v) is 8.93. The Morgan fingerprint density at radius 2 is 2.21 bits per heavy atom. The Balaban J connectivity index is 2.21. The topological polar surface area (TPSA) is 63.7 Å². The van der Waals surface area contributed by atoms with Crippen molar-refractivity contribution in [3.8, 4) is 0 Å². The van der Waals surface area contributed by atoms with Gasteiger partial charge < -0.3 is 4.74 Å². The Morgan fingerprint density at radius 1 is 1.53 bits per heavy atom. The maximum atomic E-state index is 12.5. The van der Waals surface area contributed by atoms with Crippen molar-refractivity contribution in [3.05, 3.63) is 15.9 Å². The maximum Gasteiger partial charge on any atom is 0.321 e. The molecule has 0 bridgehead atoms. The van der Waals surface area contributed by atoms with Crippen LogP contribution in [-0.2, 0) is 19.6 Å². The largest absolute Gasteiger partial charge is 0.465 e. The molecule has 2 rings (SSSR count). The second-order valence-electron chi connectivity index (χ2n) is 4.15. The van der Waals surface area contributed by atoms with Gasteiger partial charge in [-0.15, -0.1) is 11.3 Å². The molecule has 0 aromatic carbocycles. The molecule has 0 amide bonds. The van der Waals surface area contributed by atoms with Crippen molar-refractivity contribution >= 4 is 43.3 Å². The summed E-state index contributed by atoms with van der Waals surface area (Å²) in [7, 11) is -3.61. The third-order valence-corrected chi connectivity index (χ3v) is 6.65. The Bertz CT molecular complexity index is 565. The van der Waals surface area contributed by atoms with Crippen LogP contribution in [0.4, 0.5) is 0 Å². The molecule has 1 aliphatic carbocycles. The molecule has 1 heterocycles. The van der Waals surface area contributed by atoms with Crippen molar-refractivity contribution < 1.29 is 17.9 Å². The molecule has 0 aliphatic heterocycles. The smallest absolute Gasteiger partial charge is 0.321 e. The minimum Gasteiger partial charge on any atom is -0.465 e. The van der Waals surface area contributed by atoms with Gasteiger partial charge in [-0.1, -0.05) is 0 Å². The van der Waals surface area contributed by atoms with Gasteiger partial charge in [0.2, 0.25) is 0 Å². The van der Waals surface area contributed by atoms with E-state index in [0.717, 1.165) is 28.0 Å². The highest BCUT2D eigenvalue weighted by atomic mass is 79.9. The van der Waals surface area contributed by atoms with Crippen LogP contribution < -0.4 is 0 Å². The van der Waals surface area contributed by atoms with E-state index in [1.165, 1.54) is 4.31 Å². The number of nitrogens with zero attached hydrogens (tertiary/aromatic N) is 1. The molecule has 1 fully saturated rings. The molecule has 0 unspecified atom stereocenters. The molecule has 0 spiro atoms. The fourth-order valence-electron chi connectivity index (χ4n) is 1.66. The summed E-state index contributed by atoms with van der Waals surface area (Å²) in [6.45, 7) is 1.74. The van der Waals surface area contributed by atoms with Crippen molar-refractivity contribution in [2.45, 2.75) is 30.0 Å². The van der Waals surface area contributed by atoms with Crippen molar-refractivity contribution in [2.24, 2.45) is 0 Å². The summed E-state index contributed by atoms with van der Waals surface area (Å²) in [6, 6.07) is 3.16. The lowest BCUT2D eigenvalue weighted by molar-refractivity contribution is -0.143. The molecular formula is C11H14BrNO4S2. The lowest BCUT2D eigenvalue weighted by atomic mass is 10.6. The second-order valence-corrected chi connectivity index (χ2v) is 8.73. The molecule has 1 aromatic heterocycles. The number of thiophene rings is 1. The lowest BCUT2D eigenvalue weighted by Crippen LogP contribution is -2.37. The highest BCUT2D eigenvalue weighted by Gasteiger charge is 2.40. The van der Waals surface area contributed by atoms with E-state index in [1.54, 1.807) is 19.1 Å². The van der Waals surface area contributed by atoms with Gasteiger partial charge in [0.1, 0.15) is 10.8 Å². The molecule has 0 atom stereocenters. The quantitative estimate of drug-likeness (QED) is 0.723. The summed E-state index contributed by atoms with van der Waals surface area (Å²) < 4.78 is 32.0. The number of ether oxygens (including phenoxy) is 1. The van der Waals surface area contributed by atoms with Gasteiger partial charge in [0.15, 0.2) is 0 Å². The number of halogens is 1. The SMILES string of the molecule is CCOC(=O)CN(C1CC1)S(=O)(=O)c1ccc(Br)s1. The van der Waals surface area contributed by atoms with E-state index in [9.17, 15) is 13.2 Å². The van der Waals surface area contributed by atoms with E-state index in [4.69, 9.17) is 4.74 Å². The average Bonchev–Trinajstić information content (AvgIpc) is 3.07. The molecule has 8 heteroatoms. The number of sulfonamides is 1. The van der Waals surface area contributed by atoms with Gasteiger partial charge >= 0.3 is 5.97 Å². The van der Waals surface area contributed by atoms with Gasteiger partial charge in [0.25, 0.3) is 10.0 Å². The Morgan fingerprint density at radius 3 is 2.68 bits per heavy atom. The highest BCUT2D eigenvalue weighted by Crippen LogP contribution is 2.35. The van der Waals surface area contributed by atoms with Crippen molar-refractivity contribution in [3.63, 3.8) is 0 Å². The monoisotopic (exact) mass is 367 g/mol. The molecule has 1 saturated carbocycles. The van der Waals surface area contributed by atoms with Gasteiger partial charge in [-0.2, -0.15) is 4.31 Å². The van der Waals surface area contributed by atoms with E-state index < -0.39 is 16.0 Å². The van der Waals surface area contributed by atoms with Crippen LogP contribution in [-0.4, -0.2) is 37.9 Å². The van der Waals surface area contributed by atoms with E-state index in [1.807, 2.05) is 0 Å². The second kappa shape index (κ2) is 5.90. The van der Waals surface area contributed by atoms with Crippen molar-refractivity contribution in [1.29, 1.82) is 0 Å². The summed E-state index contributed by atoms with van der Waals surface area (Å²) in [4.78, 5) is 11.5. The van der Waals surface area contributed by atoms with Crippen LogP contribution in [0.5, 0.6) is 0 Å². The summed E-state index contributed by atoms with van der Waals surface area (Å²) in [5, 5.41) is 0. The number of carbonyl (C=O) groups is 1. The zero-order chi connectivity index (χ0) is 14.0. The fourth-order valence-corrected chi connectivity index (χ4v) is 5.43. The normalized spacial score (nSPS) is 15.7. The molecule has 0 saturated heterocycles. The Labute approximate surface area is 124 Å². The van der Waals surface area contributed by atoms with Crippen LogP contribution in [0.2, 0.25) is 0 Å². The van der Waals surface area contributed by atoms with Crippen LogP contribution in [0.1, 0.15) is 19.8 Å². The summed E-state index contributed by atoms with van der Waals surface area (Å²) in [5.41, 5.74) is 0. The predicted octanol–water partition coefficient (Wildman–Crippen LogP) is 2.23. The van der Waals surface area contributed by atoms with Gasteiger partial charge in [0, 0.05) is 6.04 Å². The number of hydrogen-bond acceptors (Lipinski definition) is 5. The van der Waals surface area contributed by atoms with E-state index in [-0.39, 0.29) is 23.4 Å². The molecule has 0 radical (unpaired) electrons. The molecule has 1 aliphatic rings. The third kappa shape index (κ3) is 3.56. The van der Waals surface area contributed by atoms with Crippen LogP contribution in [0.3, 0.4) is 0 Å². The molecular weight excluding hydrogens is 354 g/mol. The Hall–Kier alpha value is -0.440. The van der Waals surface area contributed by atoms with E-state index in [0.29, 0.717) is 0 Å². The first-order chi connectivity index (χ1) is 8.95. The van der Waals surface area contributed by atoms with Crippen LogP contribution >= 0.6 is 27.3 Å².